The highest BCUT2D eigenvalue weighted by Crippen LogP contribution is 2.48. The van der Waals surface area contributed by atoms with Crippen LogP contribution in [-0.4, -0.2) is 36.5 Å². The van der Waals surface area contributed by atoms with Gasteiger partial charge in [0.05, 0.1) is 42.8 Å². The third-order valence-electron chi connectivity index (χ3n) is 4.29. The molecule has 0 bridgehead atoms. The Kier molecular flexibility index (Phi) is 3.66. The average Bonchev–Trinajstić information content (AvgIpc) is 2.55. The minimum atomic E-state index is -0.696. The lowest BCUT2D eigenvalue weighted by molar-refractivity contribution is -0.0195. The van der Waals surface area contributed by atoms with Crippen molar-refractivity contribution in [2.45, 2.75) is 18.2 Å². The molecule has 2 heterocycles. The van der Waals surface area contributed by atoms with E-state index in [1.54, 1.807) is 12.1 Å². The highest BCUT2D eigenvalue weighted by molar-refractivity contribution is 6.30. The van der Waals surface area contributed by atoms with Gasteiger partial charge in [-0.05, 0) is 24.3 Å². The summed E-state index contributed by atoms with van der Waals surface area (Å²) < 4.78 is 11.5. The predicted molar refractivity (Wildman–Crippen MR) is 88.7 cm³/mol. The average molecular weight is 333 g/mol. The van der Waals surface area contributed by atoms with Crippen LogP contribution in [0, 0.1) is 0 Å². The van der Waals surface area contributed by atoms with Crippen molar-refractivity contribution < 1.29 is 14.6 Å². The monoisotopic (exact) mass is 332 g/mol. The van der Waals surface area contributed by atoms with Crippen molar-refractivity contribution in [2.75, 3.05) is 18.1 Å². The Balaban J connectivity index is 1.85. The first-order chi connectivity index (χ1) is 11.1. The molecular weight excluding hydrogens is 316 g/mol. The van der Waals surface area contributed by atoms with Crippen LogP contribution in [-0.2, 0) is 4.74 Å². The number of nitrogens with zero attached hydrogens (tertiary/aromatic N) is 1. The van der Waals surface area contributed by atoms with Crippen LogP contribution in [0.3, 0.4) is 0 Å². The first-order valence-electron chi connectivity index (χ1n) is 7.52. The van der Waals surface area contributed by atoms with E-state index in [9.17, 15) is 5.11 Å². The summed E-state index contributed by atoms with van der Waals surface area (Å²) in [6.45, 7) is 0.752. The molecule has 1 saturated heterocycles. The summed E-state index contributed by atoms with van der Waals surface area (Å²) in [5.74, 6) is 1.37. The van der Waals surface area contributed by atoms with Crippen molar-refractivity contribution in [2.24, 2.45) is 5.73 Å². The second kappa shape index (κ2) is 5.69. The van der Waals surface area contributed by atoms with E-state index in [0.717, 1.165) is 11.4 Å². The van der Waals surface area contributed by atoms with Gasteiger partial charge in [0.25, 0.3) is 0 Å². The topological polar surface area (TPSA) is 68.0 Å². The summed E-state index contributed by atoms with van der Waals surface area (Å²) in [5, 5.41) is 11.2. The van der Waals surface area contributed by atoms with E-state index in [2.05, 4.69) is 0 Å². The molecule has 0 amide bonds. The van der Waals surface area contributed by atoms with E-state index >= 15 is 0 Å². The number of ether oxygens (including phenoxy) is 2. The molecule has 2 aromatic carbocycles. The summed E-state index contributed by atoms with van der Waals surface area (Å²) in [7, 11) is 0. The Morgan fingerprint density at radius 3 is 2.74 bits per heavy atom. The van der Waals surface area contributed by atoms with Crippen LogP contribution in [0.1, 0.15) is 0 Å². The number of hydrogen-bond donors (Lipinski definition) is 2. The zero-order valence-corrected chi connectivity index (χ0v) is 13.1. The van der Waals surface area contributed by atoms with Gasteiger partial charge in [-0.2, -0.15) is 0 Å². The maximum absolute atomic E-state index is 10.6. The number of hydrogen-bond acceptors (Lipinski definition) is 5. The van der Waals surface area contributed by atoms with E-state index in [-0.39, 0.29) is 6.04 Å². The molecule has 3 atom stereocenters. The first kappa shape index (κ1) is 14.8. The number of anilines is 2. The van der Waals surface area contributed by atoms with Crippen LogP contribution in [0.2, 0.25) is 5.02 Å². The van der Waals surface area contributed by atoms with Crippen molar-refractivity contribution in [1.29, 1.82) is 0 Å². The maximum Gasteiger partial charge on any atom is 0.152 e. The second-order valence-corrected chi connectivity index (χ2v) is 6.25. The summed E-state index contributed by atoms with van der Waals surface area (Å²) in [6.07, 6.45) is -0.696. The van der Waals surface area contributed by atoms with E-state index in [4.69, 9.17) is 26.8 Å². The Morgan fingerprint density at radius 1 is 1.09 bits per heavy atom. The molecule has 1 fully saturated rings. The molecule has 2 aromatic rings. The highest BCUT2D eigenvalue weighted by atomic mass is 35.5. The van der Waals surface area contributed by atoms with Crippen LogP contribution in [0.5, 0.6) is 11.5 Å². The molecule has 2 aliphatic heterocycles. The smallest absolute Gasteiger partial charge is 0.152 e. The number of nitrogens with two attached hydrogens (primary N) is 1. The Labute approximate surface area is 139 Å². The van der Waals surface area contributed by atoms with Crippen molar-refractivity contribution in [3.8, 4) is 11.5 Å². The van der Waals surface area contributed by atoms with E-state index in [0.29, 0.717) is 29.7 Å². The molecule has 0 aromatic heterocycles. The Hall–Kier alpha value is -1.79. The van der Waals surface area contributed by atoms with Gasteiger partial charge in [0.1, 0.15) is 0 Å². The molecule has 3 N–H and O–H groups in total. The lowest BCUT2D eigenvalue weighted by atomic mass is 9.98. The highest BCUT2D eigenvalue weighted by Gasteiger charge is 2.39. The number of rotatable bonds is 1. The fraction of sp³-hybridized carbons (Fsp3) is 0.294. The van der Waals surface area contributed by atoms with Gasteiger partial charge in [0, 0.05) is 11.1 Å². The van der Waals surface area contributed by atoms with Crippen molar-refractivity contribution in [1.82, 2.24) is 0 Å². The second-order valence-electron chi connectivity index (χ2n) is 5.81. The van der Waals surface area contributed by atoms with Gasteiger partial charge in [0.2, 0.25) is 0 Å². The summed E-state index contributed by atoms with van der Waals surface area (Å²) in [5.41, 5.74) is 7.71. The molecule has 23 heavy (non-hydrogen) atoms. The molecule has 0 saturated carbocycles. The van der Waals surface area contributed by atoms with Gasteiger partial charge in [-0.25, -0.2) is 0 Å². The molecule has 4 rings (SSSR count). The molecule has 0 aliphatic carbocycles. The molecule has 120 valence electrons. The lowest BCUT2D eigenvalue weighted by Crippen LogP contribution is -2.58. The van der Waals surface area contributed by atoms with Crippen molar-refractivity contribution >= 4 is 23.0 Å². The van der Waals surface area contributed by atoms with Crippen LogP contribution in [0.25, 0.3) is 0 Å². The molecule has 0 radical (unpaired) electrons. The summed E-state index contributed by atoms with van der Waals surface area (Å²) >= 11 is 6.10. The fourth-order valence-electron chi connectivity index (χ4n) is 3.15. The van der Waals surface area contributed by atoms with Gasteiger partial charge < -0.3 is 25.2 Å². The zero-order chi connectivity index (χ0) is 16.0. The van der Waals surface area contributed by atoms with E-state index in [1.807, 2.05) is 35.2 Å². The standard InChI is InChI=1S/C17H17ClN2O3/c18-10-5-6-13-16(7-10)23-15-4-2-1-3-12(15)20(13)14-9-22-8-11(19)17(14)21/h1-7,11,14,17,21H,8-9,19H2/t11-,14+,17+/m1/s1. The maximum atomic E-state index is 10.6. The number of aliphatic hydroxyl groups is 1. The van der Waals surface area contributed by atoms with Crippen LogP contribution in [0.4, 0.5) is 11.4 Å². The molecule has 0 unspecified atom stereocenters. The normalized spacial score (nSPS) is 26.2. The third kappa shape index (κ3) is 2.46. The third-order valence-corrected chi connectivity index (χ3v) is 4.52. The van der Waals surface area contributed by atoms with Gasteiger partial charge in [0.15, 0.2) is 11.5 Å². The SMILES string of the molecule is N[C@@H]1COC[C@H](N2c3ccccc3Oc3cc(Cl)ccc32)[C@H]1O. The number of para-hydroxylation sites is 2. The quantitative estimate of drug-likeness (QED) is 0.840. The lowest BCUT2D eigenvalue weighted by Gasteiger charge is -2.43. The number of aliphatic hydroxyl groups excluding tert-OH is 1. The molecule has 2 aliphatic rings. The van der Waals surface area contributed by atoms with Gasteiger partial charge in [-0.3, -0.25) is 0 Å². The first-order valence-corrected chi connectivity index (χ1v) is 7.90. The molecule has 6 heteroatoms. The van der Waals surface area contributed by atoms with Crippen molar-refractivity contribution in [3.05, 3.63) is 47.5 Å². The van der Waals surface area contributed by atoms with E-state index in [1.165, 1.54) is 0 Å². The van der Waals surface area contributed by atoms with Gasteiger partial charge in [-0.1, -0.05) is 23.7 Å². The number of halogens is 1. The summed E-state index contributed by atoms with van der Waals surface area (Å²) in [6, 6.07) is 12.5. The van der Waals surface area contributed by atoms with Gasteiger partial charge >= 0.3 is 0 Å². The summed E-state index contributed by atoms with van der Waals surface area (Å²) in [4.78, 5) is 2.04. The minimum Gasteiger partial charge on any atom is -0.453 e. The Bertz CT molecular complexity index is 740. The van der Waals surface area contributed by atoms with Crippen LogP contribution >= 0.6 is 11.6 Å². The van der Waals surface area contributed by atoms with Crippen LogP contribution < -0.4 is 15.4 Å². The number of benzene rings is 2. The predicted octanol–water partition coefficient (Wildman–Crippen LogP) is 2.67. The fourth-order valence-corrected chi connectivity index (χ4v) is 3.31. The Morgan fingerprint density at radius 2 is 1.87 bits per heavy atom. The largest absolute Gasteiger partial charge is 0.453 e. The van der Waals surface area contributed by atoms with Gasteiger partial charge in [-0.15, -0.1) is 0 Å². The minimum absolute atomic E-state index is 0.288. The number of fused-ring (bicyclic) bond motifs is 2. The van der Waals surface area contributed by atoms with Crippen molar-refractivity contribution in [3.63, 3.8) is 0 Å². The molecular formula is C17H17ClN2O3. The molecule has 5 nitrogen and oxygen atoms in total. The molecule has 0 spiro atoms. The van der Waals surface area contributed by atoms with Crippen LogP contribution in [0.15, 0.2) is 42.5 Å². The van der Waals surface area contributed by atoms with E-state index < -0.39 is 12.1 Å². The zero-order valence-electron chi connectivity index (χ0n) is 12.4.